The molecule has 0 unspecified atom stereocenters. The van der Waals surface area contributed by atoms with Crippen molar-refractivity contribution in [2.24, 2.45) is 0 Å². The molecule has 0 aliphatic carbocycles. The van der Waals surface area contributed by atoms with Gasteiger partial charge in [-0.15, -0.1) is 10.2 Å². The second-order valence-corrected chi connectivity index (χ2v) is 8.03. The highest BCUT2D eigenvalue weighted by Crippen LogP contribution is 2.25. The van der Waals surface area contributed by atoms with Gasteiger partial charge in [0.2, 0.25) is 5.91 Å². The average molecular weight is 431 g/mol. The lowest BCUT2D eigenvalue weighted by Crippen LogP contribution is -2.21. The summed E-state index contributed by atoms with van der Waals surface area (Å²) in [5.74, 6) is 0.868. The third kappa shape index (κ3) is 5.56. The minimum absolute atomic E-state index is 0.0867. The van der Waals surface area contributed by atoms with E-state index in [1.165, 1.54) is 11.8 Å². The van der Waals surface area contributed by atoms with Gasteiger partial charge in [-0.2, -0.15) is 0 Å². The third-order valence-corrected chi connectivity index (χ3v) is 5.71. The number of aromatic nitrogens is 4. The standard InChI is InChI=1S/C20H23ClN6OS/c1-14(26(2)3)19-24-25-20(27(19)12-15-8-5-4-6-9-15)29-13-17(28)23-16-10-7-11-22-18(16)21/h4-11,14H,12-13H2,1-3H3,(H,23,28)/t14-/m1/s1. The maximum absolute atomic E-state index is 12.4. The van der Waals surface area contributed by atoms with Crippen molar-refractivity contribution in [2.45, 2.75) is 24.7 Å². The lowest BCUT2D eigenvalue weighted by atomic mass is 10.2. The predicted octanol–water partition coefficient (Wildman–Crippen LogP) is 3.73. The molecule has 1 atom stereocenters. The van der Waals surface area contributed by atoms with Crippen LogP contribution in [-0.2, 0) is 11.3 Å². The van der Waals surface area contributed by atoms with E-state index in [4.69, 9.17) is 11.6 Å². The van der Waals surface area contributed by atoms with Gasteiger partial charge >= 0.3 is 0 Å². The summed E-state index contributed by atoms with van der Waals surface area (Å²) in [4.78, 5) is 18.4. The molecule has 0 fully saturated rings. The molecule has 0 saturated carbocycles. The van der Waals surface area contributed by atoms with E-state index in [9.17, 15) is 4.79 Å². The van der Waals surface area contributed by atoms with Gasteiger partial charge in [0.1, 0.15) is 0 Å². The minimum Gasteiger partial charge on any atom is -0.323 e. The quantitative estimate of drug-likeness (QED) is 0.433. The third-order valence-electron chi connectivity index (χ3n) is 4.44. The molecule has 1 amide bonds. The van der Waals surface area contributed by atoms with E-state index in [2.05, 4.69) is 49.0 Å². The van der Waals surface area contributed by atoms with Gasteiger partial charge in [-0.1, -0.05) is 53.7 Å². The molecule has 1 aromatic carbocycles. The molecule has 2 heterocycles. The van der Waals surface area contributed by atoms with Gasteiger partial charge in [0.25, 0.3) is 0 Å². The number of nitrogens with zero attached hydrogens (tertiary/aromatic N) is 5. The monoisotopic (exact) mass is 430 g/mol. The van der Waals surface area contributed by atoms with E-state index < -0.39 is 0 Å². The highest BCUT2D eigenvalue weighted by atomic mass is 35.5. The normalized spacial score (nSPS) is 12.2. The highest BCUT2D eigenvalue weighted by Gasteiger charge is 2.20. The van der Waals surface area contributed by atoms with Crippen LogP contribution in [0.5, 0.6) is 0 Å². The summed E-state index contributed by atoms with van der Waals surface area (Å²) in [6, 6.07) is 13.7. The van der Waals surface area contributed by atoms with Crippen molar-refractivity contribution in [1.82, 2.24) is 24.6 Å². The zero-order valence-electron chi connectivity index (χ0n) is 16.5. The lowest BCUT2D eigenvalue weighted by Gasteiger charge is -2.20. The maximum atomic E-state index is 12.4. The maximum Gasteiger partial charge on any atom is 0.234 e. The minimum atomic E-state index is -0.179. The molecule has 3 aromatic rings. The van der Waals surface area contributed by atoms with Crippen molar-refractivity contribution < 1.29 is 4.79 Å². The molecule has 9 heteroatoms. The molecule has 0 bridgehead atoms. The van der Waals surface area contributed by atoms with Crippen LogP contribution >= 0.6 is 23.4 Å². The van der Waals surface area contributed by atoms with Crippen molar-refractivity contribution in [3.63, 3.8) is 0 Å². The molecule has 1 N–H and O–H groups in total. The topological polar surface area (TPSA) is 75.9 Å². The van der Waals surface area contributed by atoms with E-state index in [1.807, 2.05) is 32.3 Å². The summed E-state index contributed by atoms with van der Waals surface area (Å²) in [7, 11) is 4.01. The zero-order chi connectivity index (χ0) is 20.8. The number of rotatable bonds is 8. The molecule has 152 valence electrons. The van der Waals surface area contributed by atoms with Crippen molar-refractivity contribution in [2.75, 3.05) is 25.2 Å². The number of carbonyl (C=O) groups excluding carboxylic acids is 1. The SMILES string of the molecule is C[C@H](c1nnc(SCC(=O)Nc2cccnc2Cl)n1Cc1ccccc1)N(C)C. The smallest absolute Gasteiger partial charge is 0.234 e. The summed E-state index contributed by atoms with van der Waals surface area (Å²) in [6.07, 6.45) is 1.58. The first kappa shape index (κ1) is 21.3. The number of benzene rings is 1. The van der Waals surface area contributed by atoms with Crippen LogP contribution in [-0.4, -0.2) is 50.4 Å². The number of hydrogen-bond donors (Lipinski definition) is 1. The Kier molecular flexibility index (Phi) is 7.24. The van der Waals surface area contributed by atoms with Gasteiger partial charge in [-0.25, -0.2) is 4.98 Å². The second kappa shape index (κ2) is 9.87. The van der Waals surface area contributed by atoms with E-state index in [-0.39, 0.29) is 22.9 Å². The fraction of sp³-hybridized carbons (Fsp3) is 0.300. The number of carbonyl (C=O) groups is 1. The molecule has 0 spiro atoms. The molecule has 29 heavy (non-hydrogen) atoms. The number of anilines is 1. The summed E-state index contributed by atoms with van der Waals surface area (Å²) >= 11 is 7.35. The molecule has 7 nitrogen and oxygen atoms in total. The Labute approximate surface area is 179 Å². The van der Waals surface area contributed by atoms with Gasteiger partial charge in [0.15, 0.2) is 16.1 Å². The Bertz CT molecular complexity index is 963. The fourth-order valence-corrected chi connectivity index (χ4v) is 3.57. The molecule has 0 aliphatic rings. The van der Waals surface area contributed by atoms with Crippen LogP contribution in [0.25, 0.3) is 0 Å². The van der Waals surface area contributed by atoms with Gasteiger partial charge < -0.3 is 9.88 Å². The fourth-order valence-electron chi connectivity index (χ4n) is 2.66. The average Bonchev–Trinajstić information content (AvgIpc) is 3.10. The lowest BCUT2D eigenvalue weighted by molar-refractivity contribution is -0.113. The Morgan fingerprint density at radius 1 is 1.21 bits per heavy atom. The van der Waals surface area contributed by atoms with Gasteiger partial charge in [-0.05, 0) is 38.7 Å². The van der Waals surface area contributed by atoms with Crippen molar-refractivity contribution in [3.8, 4) is 0 Å². The molecule has 0 saturated heterocycles. The molecular formula is C20H23ClN6OS. The van der Waals surface area contributed by atoms with Gasteiger partial charge in [0.05, 0.1) is 24.0 Å². The van der Waals surface area contributed by atoms with Gasteiger partial charge in [-0.3, -0.25) is 9.69 Å². The Morgan fingerprint density at radius 3 is 2.66 bits per heavy atom. The van der Waals surface area contributed by atoms with E-state index in [1.54, 1.807) is 18.3 Å². The Morgan fingerprint density at radius 2 is 1.97 bits per heavy atom. The largest absolute Gasteiger partial charge is 0.323 e. The molecule has 2 aromatic heterocycles. The number of hydrogen-bond acceptors (Lipinski definition) is 6. The first-order chi connectivity index (χ1) is 14.0. The first-order valence-corrected chi connectivity index (χ1v) is 10.5. The number of thioether (sulfide) groups is 1. The second-order valence-electron chi connectivity index (χ2n) is 6.73. The highest BCUT2D eigenvalue weighted by molar-refractivity contribution is 7.99. The van der Waals surface area contributed by atoms with E-state index >= 15 is 0 Å². The van der Waals surface area contributed by atoms with Crippen LogP contribution in [0.3, 0.4) is 0 Å². The van der Waals surface area contributed by atoms with Crippen LogP contribution in [0.2, 0.25) is 5.15 Å². The van der Waals surface area contributed by atoms with Crippen LogP contribution in [0.1, 0.15) is 24.4 Å². The van der Waals surface area contributed by atoms with Crippen LogP contribution in [0.4, 0.5) is 5.69 Å². The number of pyridine rings is 1. The number of nitrogens with one attached hydrogen (secondary N) is 1. The molecule has 3 rings (SSSR count). The van der Waals surface area contributed by atoms with E-state index in [0.29, 0.717) is 17.4 Å². The summed E-state index contributed by atoms with van der Waals surface area (Å²) in [6.45, 7) is 2.72. The summed E-state index contributed by atoms with van der Waals surface area (Å²) in [5.41, 5.74) is 1.64. The summed E-state index contributed by atoms with van der Waals surface area (Å²) < 4.78 is 2.06. The Hall–Kier alpha value is -2.42. The van der Waals surface area contributed by atoms with Crippen molar-refractivity contribution in [1.29, 1.82) is 0 Å². The molecular weight excluding hydrogens is 408 g/mol. The van der Waals surface area contributed by atoms with Crippen LogP contribution in [0, 0.1) is 0 Å². The van der Waals surface area contributed by atoms with Crippen molar-refractivity contribution in [3.05, 3.63) is 65.2 Å². The molecule has 0 aliphatic heterocycles. The van der Waals surface area contributed by atoms with Crippen molar-refractivity contribution >= 4 is 35.0 Å². The van der Waals surface area contributed by atoms with Gasteiger partial charge in [0, 0.05) is 6.20 Å². The van der Waals surface area contributed by atoms with Crippen LogP contribution in [0.15, 0.2) is 53.8 Å². The number of halogens is 1. The zero-order valence-corrected chi connectivity index (χ0v) is 18.1. The predicted molar refractivity (Wildman–Crippen MR) is 116 cm³/mol. The molecule has 0 radical (unpaired) electrons. The van der Waals surface area contributed by atoms with E-state index in [0.717, 1.165) is 11.4 Å². The number of amides is 1. The Balaban J connectivity index is 1.76. The van der Waals surface area contributed by atoms with Crippen LogP contribution < -0.4 is 5.32 Å². The first-order valence-electron chi connectivity index (χ1n) is 9.12. The summed E-state index contributed by atoms with van der Waals surface area (Å²) in [5, 5.41) is 12.5.